The van der Waals surface area contributed by atoms with E-state index in [0.717, 1.165) is 5.56 Å². The first-order valence-electron chi connectivity index (χ1n) is 4.59. The zero-order valence-electron chi connectivity index (χ0n) is 8.29. The van der Waals surface area contributed by atoms with Crippen LogP contribution < -0.4 is 5.32 Å². The van der Waals surface area contributed by atoms with E-state index in [0.29, 0.717) is 5.95 Å². The van der Waals surface area contributed by atoms with E-state index in [1.54, 1.807) is 24.5 Å². The van der Waals surface area contributed by atoms with Crippen molar-refractivity contribution in [2.45, 2.75) is 0 Å². The molecule has 2 rings (SSSR count). The maximum absolute atomic E-state index is 11.4. The summed E-state index contributed by atoms with van der Waals surface area (Å²) in [5, 5.41) is 8.65. The first-order valence-corrected chi connectivity index (χ1v) is 4.59. The highest BCUT2D eigenvalue weighted by Gasteiger charge is 1.98. The summed E-state index contributed by atoms with van der Waals surface area (Å²) in [5.41, 5.74) is 0.857. The minimum Gasteiger partial charge on any atom is -0.291 e. The van der Waals surface area contributed by atoms with Crippen LogP contribution in [0, 0.1) is 0 Å². The van der Waals surface area contributed by atoms with Crippen molar-refractivity contribution in [1.82, 2.24) is 20.2 Å². The van der Waals surface area contributed by atoms with Crippen molar-refractivity contribution in [2.75, 3.05) is 5.32 Å². The fourth-order valence-corrected chi connectivity index (χ4v) is 1.07. The second kappa shape index (κ2) is 4.83. The molecule has 1 amide bonds. The molecule has 0 aromatic carbocycles. The number of aromatic nitrogens is 4. The highest BCUT2D eigenvalue weighted by Crippen LogP contribution is 1.99. The molecule has 2 N–H and O–H groups in total. The molecule has 2 aromatic rings. The van der Waals surface area contributed by atoms with Crippen molar-refractivity contribution in [3.63, 3.8) is 0 Å². The van der Waals surface area contributed by atoms with Gasteiger partial charge in [-0.05, 0) is 17.7 Å². The minimum atomic E-state index is -0.277. The Morgan fingerprint density at radius 1 is 1.50 bits per heavy atom. The number of anilines is 1. The molecule has 0 aliphatic rings. The van der Waals surface area contributed by atoms with Crippen molar-refractivity contribution >= 4 is 17.9 Å². The van der Waals surface area contributed by atoms with Gasteiger partial charge in [0.25, 0.3) is 5.91 Å². The molecule has 0 aliphatic heterocycles. The molecule has 0 bridgehead atoms. The van der Waals surface area contributed by atoms with Gasteiger partial charge in [0.1, 0.15) is 6.33 Å². The standard InChI is InChI=1S/C10H9N5O/c16-9(14-10-12-7-13-15-10)4-3-8-2-1-5-11-6-8/h1-7H,(H2,12,13,14,15,16). The zero-order valence-corrected chi connectivity index (χ0v) is 8.29. The van der Waals surface area contributed by atoms with Crippen molar-refractivity contribution in [2.24, 2.45) is 0 Å². The molecule has 0 aliphatic carbocycles. The van der Waals surface area contributed by atoms with Crippen LogP contribution in [-0.4, -0.2) is 26.1 Å². The third-order valence-electron chi connectivity index (χ3n) is 1.77. The Bertz CT molecular complexity index is 477. The number of amides is 1. The monoisotopic (exact) mass is 215 g/mol. The molecular formula is C10H9N5O. The predicted octanol–water partition coefficient (Wildman–Crippen LogP) is 0.852. The molecule has 6 nitrogen and oxygen atoms in total. The lowest BCUT2D eigenvalue weighted by atomic mass is 10.2. The third kappa shape index (κ3) is 2.74. The van der Waals surface area contributed by atoms with Gasteiger partial charge in [-0.15, -0.1) is 0 Å². The smallest absolute Gasteiger partial charge is 0.250 e. The summed E-state index contributed by atoms with van der Waals surface area (Å²) in [6.45, 7) is 0. The summed E-state index contributed by atoms with van der Waals surface area (Å²) in [6.07, 6.45) is 7.73. The molecule has 2 heterocycles. The van der Waals surface area contributed by atoms with Crippen LogP contribution in [0.25, 0.3) is 6.08 Å². The number of nitrogens with one attached hydrogen (secondary N) is 2. The number of carbonyl (C=O) groups excluding carboxylic acids is 1. The van der Waals surface area contributed by atoms with E-state index in [2.05, 4.69) is 25.5 Å². The molecule has 80 valence electrons. The average molecular weight is 215 g/mol. The van der Waals surface area contributed by atoms with Gasteiger partial charge in [0.15, 0.2) is 0 Å². The number of pyridine rings is 1. The average Bonchev–Trinajstić information content (AvgIpc) is 2.81. The molecule has 0 saturated carbocycles. The molecule has 0 atom stereocenters. The number of aromatic amines is 1. The summed E-state index contributed by atoms with van der Waals surface area (Å²) < 4.78 is 0. The van der Waals surface area contributed by atoms with Crippen molar-refractivity contribution < 1.29 is 4.79 Å². The summed E-state index contributed by atoms with van der Waals surface area (Å²) in [4.78, 5) is 19.1. The fourth-order valence-electron chi connectivity index (χ4n) is 1.07. The molecular weight excluding hydrogens is 206 g/mol. The van der Waals surface area contributed by atoms with Crippen LogP contribution in [0.1, 0.15) is 5.56 Å². The maximum atomic E-state index is 11.4. The number of H-pyrrole nitrogens is 1. The minimum absolute atomic E-state index is 0.277. The number of nitrogens with zero attached hydrogens (tertiary/aromatic N) is 3. The predicted molar refractivity (Wildman–Crippen MR) is 58.3 cm³/mol. The molecule has 16 heavy (non-hydrogen) atoms. The third-order valence-corrected chi connectivity index (χ3v) is 1.77. The van der Waals surface area contributed by atoms with Gasteiger partial charge in [-0.3, -0.25) is 15.1 Å². The van der Waals surface area contributed by atoms with Crippen LogP contribution in [-0.2, 0) is 4.79 Å². The first kappa shape index (κ1) is 10.0. The highest BCUT2D eigenvalue weighted by atomic mass is 16.1. The molecule has 2 aromatic heterocycles. The fraction of sp³-hybridized carbons (Fsp3) is 0. The molecule has 0 radical (unpaired) electrons. The van der Waals surface area contributed by atoms with Crippen molar-refractivity contribution in [3.8, 4) is 0 Å². The van der Waals surface area contributed by atoms with E-state index < -0.39 is 0 Å². The van der Waals surface area contributed by atoms with Gasteiger partial charge < -0.3 is 0 Å². The van der Waals surface area contributed by atoms with Crippen LogP contribution in [0.3, 0.4) is 0 Å². The van der Waals surface area contributed by atoms with Gasteiger partial charge in [-0.25, -0.2) is 5.10 Å². The van der Waals surface area contributed by atoms with E-state index in [9.17, 15) is 4.79 Å². The number of carbonyl (C=O) groups is 1. The van der Waals surface area contributed by atoms with E-state index in [4.69, 9.17) is 0 Å². The van der Waals surface area contributed by atoms with Gasteiger partial charge >= 0.3 is 0 Å². The molecule has 0 spiro atoms. The lowest BCUT2D eigenvalue weighted by Gasteiger charge is -1.94. The van der Waals surface area contributed by atoms with Crippen LogP contribution in [0.15, 0.2) is 36.9 Å². The summed E-state index contributed by atoms with van der Waals surface area (Å²) >= 11 is 0. The van der Waals surface area contributed by atoms with E-state index in [-0.39, 0.29) is 5.91 Å². The van der Waals surface area contributed by atoms with Gasteiger partial charge in [0.2, 0.25) is 5.95 Å². The maximum Gasteiger partial charge on any atom is 0.250 e. The van der Waals surface area contributed by atoms with Crippen LogP contribution in [0.4, 0.5) is 5.95 Å². The van der Waals surface area contributed by atoms with Crippen molar-refractivity contribution in [1.29, 1.82) is 0 Å². The van der Waals surface area contributed by atoms with Crippen LogP contribution in [0.2, 0.25) is 0 Å². The van der Waals surface area contributed by atoms with Gasteiger partial charge in [-0.2, -0.15) is 10.1 Å². The van der Waals surface area contributed by atoms with Crippen molar-refractivity contribution in [3.05, 3.63) is 42.5 Å². The zero-order chi connectivity index (χ0) is 11.2. The lowest BCUT2D eigenvalue weighted by Crippen LogP contribution is -2.08. The number of hydrogen-bond acceptors (Lipinski definition) is 4. The summed E-state index contributed by atoms with van der Waals surface area (Å²) in [6, 6.07) is 3.65. The quantitative estimate of drug-likeness (QED) is 0.743. The summed E-state index contributed by atoms with van der Waals surface area (Å²) in [5.74, 6) is 0.0430. The Balaban J connectivity index is 1.95. The molecule has 0 saturated heterocycles. The van der Waals surface area contributed by atoms with Crippen LogP contribution in [0.5, 0.6) is 0 Å². The normalized spacial score (nSPS) is 10.5. The Labute approximate surface area is 91.4 Å². The van der Waals surface area contributed by atoms with E-state index in [1.807, 2.05) is 6.07 Å². The SMILES string of the molecule is O=C(C=Cc1cccnc1)Nc1ncn[nH]1. The van der Waals surface area contributed by atoms with Gasteiger partial charge in [0.05, 0.1) is 0 Å². The second-order valence-electron chi connectivity index (χ2n) is 2.94. The number of rotatable bonds is 3. The Morgan fingerprint density at radius 2 is 2.44 bits per heavy atom. The topological polar surface area (TPSA) is 83.6 Å². The first-order chi connectivity index (χ1) is 7.84. The molecule has 6 heteroatoms. The van der Waals surface area contributed by atoms with Gasteiger partial charge in [-0.1, -0.05) is 6.07 Å². The highest BCUT2D eigenvalue weighted by molar-refractivity contribution is 6.00. The van der Waals surface area contributed by atoms with Crippen LogP contribution >= 0.6 is 0 Å². The largest absolute Gasteiger partial charge is 0.291 e. The van der Waals surface area contributed by atoms with Gasteiger partial charge in [0, 0.05) is 18.5 Å². The van der Waals surface area contributed by atoms with E-state index in [1.165, 1.54) is 12.4 Å². The Kier molecular flexibility index (Phi) is 3.03. The lowest BCUT2D eigenvalue weighted by molar-refractivity contribution is -0.111. The van der Waals surface area contributed by atoms with E-state index >= 15 is 0 Å². The molecule has 0 unspecified atom stereocenters. The summed E-state index contributed by atoms with van der Waals surface area (Å²) in [7, 11) is 0. The molecule has 0 fully saturated rings. The Morgan fingerprint density at radius 3 is 3.12 bits per heavy atom. The second-order valence-corrected chi connectivity index (χ2v) is 2.94. The Hall–Kier alpha value is -2.50. The number of hydrogen-bond donors (Lipinski definition) is 2.